The Bertz CT molecular complexity index is 622. The van der Waals surface area contributed by atoms with Crippen molar-refractivity contribution < 1.29 is 4.79 Å². The Morgan fingerprint density at radius 2 is 0.933 bits per heavy atom. The van der Waals surface area contributed by atoms with Crippen LogP contribution in [0.3, 0.4) is 0 Å². The fourth-order valence-corrected chi connectivity index (χ4v) is 4.32. The summed E-state index contributed by atoms with van der Waals surface area (Å²) in [6.45, 7) is 2.28. The Morgan fingerprint density at radius 1 is 0.567 bits per heavy atom. The number of hydrogen-bond acceptors (Lipinski definition) is 1. The lowest BCUT2D eigenvalue weighted by atomic mass is 9.85. The van der Waals surface area contributed by atoms with Gasteiger partial charge in [-0.25, -0.2) is 0 Å². The number of carbonyl (C=O) groups is 1. The van der Waals surface area contributed by atoms with Crippen LogP contribution in [-0.4, -0.2) is 5.78 Å². The van der Waals surface area contributed by atoms with Crippen LogP contribution in [0.2, 0.25) is 0 Å². The minimum absolute atomic E-state index is 0.121. The van der Waals surface area contributed by atoms with Gasteiger partial charge in [0.25, 0.3) is 0 Å². The Hall–Kier alpha value is -1.89. The zero-order valence-corrected chi connectivity index (χ0v) is 19.2. The van der Waals surface area contributed by atoms with Crippen LogP contribution in [0, 0.1) is 0 Å². The summed E-state index contributed by atoms with van der Waals surface area (Å²) in [5.74, 6) is 0.236. The molecule has 0 bridgehead atoms. The molecule has 0 saturated carbocycles. The normalized spacial score (nSPS) is 11.1. The van der Waals surface area contributed by atoms with Crippen molar-refractivity contribution in [2.45, 2.75) is 103 Å². The molecular formula is C29H42O. The molecule has 0 fully saturated rings. The third-order valence-electron chi connectivity index (χ3n) is 6.11. The zero-order chi connectivity index (χ0) is 21.3. The maximum Gasteiger partial charge on any atom is 0.144 e. The van der Waals surface area contributed by atoms with Crippen molar-refractivity contribution in [2.24, 2.45) is 0 Å². The maximum absolute atomic E-state index is 13.0. The molecular weight excluding hydrogens is 364 g/mol. The van der Waals surface area contributed by atoms with Crippen molar-refractivity contribution in [3.05, 3.63) is 71.8 Å². The van der Waals surface area contributed by atoms with E-state index in [1.807, 2.05) is 36.4 Å². The van der Waals surface area contributed by atoms with E-state index in [4.69, 9.17) is 0 Å². The van der Waals surface area contributed by atoms with Crippen LogP contribution in [0.1, 0.15) is 114 Å². The molecule has 0 aromatic heterocycles. The van der Waals surface area contributed by atoms with E-state index in [2.05, 4.69) is 31.2 Å². The van der Waals surface area contributed by atoms with Gasteiger partial charge in [0, 0.05) is 6.42 Å². The highest BCUT2D eigenvalue weighted by molar-refractivity contribution is 5.89. The minimum Gasteiger partial charge on any atom is -0.299 e. The first-order valence-electron chi connectivity index (χ1n) is 12.5. The van der Waals surface area contributed by atoms with Gasteiger partial charge in [0.2, 0.25) is 0 Å². The predicted octanol–water partition coefficient (Wildman–Crippen LogP) is 8.87. The molecule has 0 aliphatic rings. The fourth-order valence-electron chi connectivity index (χ4n) is 4.32. The highest BCUT2D eigenvalue weighted by Gasteiger charge is 2.21. The molecule has 30 heavy (non-hydrogen) atoms. The van der Waals surface area contributed by atoms with E-state index in [0.717, 1.165) is 17.5 Å². The van der Waals surface area contributed by atoms with E-state index in [9.17, 15) is 4.79 Å². The van der Waals surface area contributed by atoms with Gasteiger partial charge in [-0.3, -0.25) is 4.79 Å². The molecule has 0 amide bonds. The van der Waals surface area contributed by atoms with Crippen molar-refractivity contribution in [1.82, 2.24) is 0 Å². The van der Waals surface area contributed by atoms with Gasteiger partial charge in [0.1, 0.15) is 5.78 Å². The first-order chi connectivity index (χ1) is 14.8. The molecule has 2 aromatic carbocycles. The SMILES string of the molecule is CCCCCCCCCCCCCCCC(=O)C(c1ccccc1)c1ccccc1. The third-order valence-corrected chi connectivity index (χ3v) is 6.11. The topological polar surface area (TPSA) is 17.1 Å². The van der Waals surface area contributed by atoms with E-state index in [0.29, 0.717) is 12.2 Å². The Kier molecular flexibility index (Phi) is 12.9. The van der Waals surface area contributed by atoms with Crippen LogP contribution in [0.4, 0.5) is 0 Å². The average Bonchev–Trinajstić information content (AvgIpc) is 2.78. The van der Waals surface area contributed by atoms with Crippen molar-refractivity contribution >= 4 is 5.78 Å². The number of benzene rings is 2. The van der Waals surface area contributed by atoms with Crippen molar-refractivity contribution in [1.29, 1.82) is 0 Å². The monoisotopic (exact) mass is 406 g/mol. The van der Waals surface area contributed by atoms with E-state index < -0.39 is 0 Å². The first kappa shape index (κ1) is 24.4. The summed E-state index contributed by atoms with van der Waals surface area (Å²) < 4.78 is 0. The van der Waals surface area contributed by atoms with Crippen LogP contribution in [0.25, 0.3) is 0 Å². The molecule has 2 aromatic rings. The molecule has 0 atom stereocenters. The molecule has 2 rings (SSSR count). The molecule has 0 N–H and O–H groups in total. The number of rotatable bonds is 17. The van der Waals surface area contributed by atoms with Crippen LogP contribution >= 0.6 is 0 Å². The largest absolute Gasteiger partial charge is 0.299 e. The second kappa shape index (κ2) is 15.9. The van der Waals surface area contributed by atoms with E-state index in [1.165, 1.54) is 77.0 Å². The maximum atomic E-state index is 13.0. The van der Waals surface area contributed by atoms with Crippen molar-refractivity contribution in [3.63, 3.8) is 0 Å². The van der Waals surface area contributed by atoms with Crippen LogP contribution < -0.4 is 0 Å². The number of Topliss-reactive ketones (excluding diaryl/α,β-unsaturated/α-hetero) is 1. The Labute approximate surface area is 185 Å². The number of ketones is 1. The van der Waals surface area contributed by atoms with Gasteiger partial charge in [-0.1, -0.05) is 145 Å². The lowest BCUT2D eigenvalue weighted by molar-refractivity contribution is -0.119. The summed E-state index contributed by atoms with van der Waals surface area (Å²) in [4.78, 5) is 13.0. The summed E-state index contributed by atoms with van der Waals surface area (Å²) in [5, 5.41) is 0. The smallest absolute Gasteiger partial charge is 0.144 e. The third kappa shape index (κ3) is 9.74. The Balaban J connectivity index is 1.60. The van der Waals surface area contributed by atoms with E-state index >= 15 is 0 Å². The zero-order valence-electron chi connectivity index (χ0n) is 19.2. The summed E-state index contributed by atoms with van der Waals surface area (Å²) in [7, 11) is 0. The van der Waals surface area contributed by atoms with Gasteiger partial charge in [-0.2, -0.15) is 0 Å². The molecule has 0 heterocycles. The van der Waals surface area contributed by atoms with E-state index in [1.54, 1.807) is 0 Å². The number of hydrogen-bond donors (Lipinski definition) is 0. The second-order valence-electron chi connectivity index (χ2n) is 8.71. The lowest BCUT2D eigenvalue weighted by Crippen LogP contribution is -2.14. The predicted molar refractivity (Wildman–Crippen MR) is 130 cm³/mol. The van der Waals surface area contributed by atoms with Gasteiger partial charge in [0.15, 0.2) is 0 Å². The highest BCUT2D eigenvalue weighted by atomic mass is 16.1. The average molecular weight is 407 g/mol. The van der Waals surface area contributed by atoms with Crippen molar-refractivity contribution in [3.8, 4) is 0 Å². The van der Waals surface area contributed by atoms with Gasteiger partial charge in [-0.05, 0) is 17.5 Å². The summed E-state index contributed by atoms with van der Waals surface area (Å²) in [6, 6.07) is 20.5. The summed E-state index contributed by atoms with van der Waals surface area (Å²) in [6.07, 6.45) is 18.1. The molecule has 0 spiro atoms. The molecule has 0 aliphatic heterocycles. The molecule has 0 unspecified atom stereocenters. The standard InChI is InChI=1S/C29H42O/c1-2-3-4-5-6-7-8-9-10-11-12-13-20-25-28(30)29(26-21-16-14-17-22-26)27-23-18-15-19-24-27/h14-19,21-24,29H,2-13,20,25H2,1H3. The molecule has 0 saturated heterocycles. The van der Waals surface area contributed by atoms with Gasteiger partial charge >= 0.3 is 0 Å². The lowest BCUT2D eigenvalue weighted by Gasteiger charge is -2.17. The molecule has 0 aliphatic carbocycles. The Morgan fingerprint density at radius 3 is 1.33 bits per heavy atom. The molecule has 164 valence electrons. The van der Waals surface area contributed by atoms with E-state index in [-0.39, 0.29) is 5.92 Å². The van der Waals surface area contributed by atoms with Crippen molar-refractivity contribution in [2.75, 3.05) is 0 Å². The van der Waals surface area contributed by atoms with Gasteiger partial charge < -0.3 is 0 Å². The quantitative estimate of drug-likeness (QED) is 0.240. The minimum atomic E-state index is -0.121. The number of carbonyl (C=O) groups excluding carboxylic acids is 1. The number of unbranched alkanes of at least 4 members (excludes halogenated alkanes) is 12. The van der Waals surface area contributed by atoms with Crippen LogP contribution in [0.15, 0.2) is 60.7 Å². The molecule has 0 radical (unpaired) electrons. The summed E-state index contributed by atoms with van der Waals surface area (Å²) in [5.41, 5.74) is 2.23. The molecule has 1 nitrogen and oxygen atoms in total. The molecule has 1 heteroatoms. The summed E-state index contributed by atoms with van der Waals surface area (Å²) >= 11 is 0. The fraction of sp³-hybridized carbons (Fsp3) is 0.552. The van der Waals surface area contributed by atoms with Gasteiger partial charge in [-0.15, -0.1) is 0 Å². The van der Waals surface area contributed by atoms with Gasteiger partial charge in [0.05, 0.1) is 5.92 Å². The van der Waals surface area contributed by atoms with Crippen LogP contribution in [-0.2, 0) is 4.79 Å². The van der Waals surface area contributed by atoms with Crippen LogP contribution in [0.5, 0.6) is 0 Å². The second-order valence-corrected chi connectivity index (χ2v) is 8.71. The highest BCUT2D eigenvalue weighted by Crippen LogP contribution is 2.27. The first-order valence-corrected chi connectivity index (χ1v) is 12.5.